The monoisotopic (exact) mass is 239 g/mol. The molecule has 1 heterocycles. The van der Waals surface area contributed by atoms with E-state index < -0.39 is 5.97 Å². The molecule has 4 nitrogen and oxygen atoms in total. The molecule has 1 N–H and O–H groups in total. The van der Waals surface area contributed by atoms with Crippen molar-refractivity contribution in [3.05, 3.63) is 18.4 Å². The van der Waals surface area contributed by atoms with Crippen molar-refractivity contribution in [1.82, 2.24) is 4.98 Å². The Kier molecular flexibility index (Phi) is 7.11. The van der Waals surface area contributed by atoms with Gasteiger partial charge in [0.05, 0.1) is 5.69 Å². The molecule has 0 unspecified atom stereocenters. The van der Waals surface area contributed by atoms with Crippen LogP contribution in [-0.4, -0.2) is 16.1 Å². The molecule has 0 aliphatic carbocycles. The Balaban J connectivity index is 1.80. The van der Waals surface area contributed by atoms with Crippen LogP contribution in [0, 0.1) is 0 Å². The highest BCUT2D eigenvalue weighted by molar-refractivity contribution is 5.66. The first-order valence-corrected chi connectivity index (χ1v) is 6.38. The van der Waals surface area contributed by atoms with Crippen LogP contribution in [-0.2, 0) is 11.2 Å². The number of aryl methyl sites for hydroxylation is 1. The number of hydrogen-bond donors (Lipinski definition) is 1. The third kappa shape index (κ3) is 7.55. The van der Waals surface area contributed by atoms with E-state index >= 15 is 0 Å². The summed E-state index contributed by atoms with van der Waals surface area (Å²) in [6, 6.07) is 0. The van der Waals surface area contributed by atoms with Gasteiger partial charge in [0.15, 0.2) is 6.39 Å². The molecule has 1 aromatic heterocycles. The Morgan fingerprint density at radius 1 is 1.12 bits per heavy atom. The highest BCUT2D eigenvalue weighted by Crippen LogP contribution is 2.10. The lowest BCUT2D eigenvalue weighted by atomic mass is 10.1. The van der Waals surface area contributed by atoms with Crippen molar-refractivity contribution < 1.29 is 14.3 Å². The smallest absolute Gasteiger partial charge is 0.303 e. The normalized spacial score (nSPS) is 10.6. The lowest BCUT2D eigenvalue weighted by Gasteiger charge is -2.00. The zero-order valence-corrected chi connectivity index (χ0v) is 10.2. The van der Waals surface area contributed by atoms with Crippen molar-refractivity contribution >= 4 is 5.97 Å². The van der Waals surface area contributed by atoms with E-state index in [4.69, 9.17) is 9.52 Å². The zero-order chi connectivity index (χ0) is 12.3. The van der Waals surface area contributed by atoms with E-state index in [0.29, 0.717) is 6.42 Å². The second-order valence-corrected chi connectivity index (χ2v) is 4.35. The molecular formula is C13H21NO3. The maximum Gasteiger partial charge on any atom is 0.303 e. The molecule has 0 aliphatic rings. The number of nitrogens with zero attached hydrogens (tertiary/aromatic N) is 1. The van der Waals surface area contributed by atoms with Gasteiger partial charge < -0.3 is 9.52 Å². The number of aliphatic carboxylic acids is 1. The molecular weight excluding hydrogens is 218 g/mol. The van der Waals surface area contributed by atoms with Crippen molar-refractivity contribution in [2.75, 3.05) is 0 Å². The van der Waals surface area contributed by atoms with E-state index in [2.05, 4.69) is 4.98 Å². The topological polar surface area (TPSA) is 63.3 Å². The summed E-state index contributed by atoms with van der Waals surface area (Å²) < 4.78 is 4.90. The van der Waals surface area contributed by atoms with Crippen LogP contribution in [0.4, 0.5) is 0 Å². The van der Waals surface area contributed by atoms with Crippen LogP contribution in [0.15, 0.2) is 17.1 Å². The predicted octanol–water partition coefficient (Wildman–Crippen LogP) is 3.42. The summed E-state index contributed by atoms with van der Waals surface area (Å²) in [5.74, 6) is -0.683. The Labute approximate surface area is 102 Å². The highest BCUT2D eigenvalue weighted by Gasteiger charge is 1.98. The van der Waals surface area contributed by atoms with Gasteiger partial charge in [0.1, 0.15) is 6.26 Å². The van der Waals surface area contributed by atoms with Crippen molar-refractivity contribution in [3.63, 3.8) is 0 Å². The highest BCUT2D eigenvalue weighted by atomic mass is 16.4. The van der Waals surface area contributed by atoms with Crippen LogP contribution in [0.5, 0.6) is 0 Å². The molecule has 0 aliphatic heterocycles. The molecule has 0 spiro atoms. The molecule has 17 heavy (non-hydrogen) atoms. The Hall–Kier alpha value is -1.32. The first-order valence-electron chi connectivity index (χ1n) is 6.38. The summed E-state index contributed by atoms with van der Waals surface area (Å²) in [4.78, 5) is 14.3. The van der Waals surface area contributed by atoms with Crippen LogP contribution in [0.3, 0.4) is 0 Å². The van der Waals surface area contributed by atoms with E-state index in [1.54, 1.807) is 6.26 Å². The minimum absolute atomic E-state index is 0.312. The van der Waals surface area contributed by atoms with Gasteiger partial charge in [0.25, 0.3) is 0 Å². The maximum atomic E-state index is 10.3. The molecule has 0 bridgehead atoms. The number of carboxylic acid groups (broad SMARTS) is 1. The molecule has 1 aromatic rings. The summed E-state index contributed by atoms with van der Waals surface area (Å²) >= 11 is 0. The number of hydrogen-bond acceptors (Lipinski definition) is 3. The summed E-state index contributed by atoms with van der Waals surface area (Å²) in [5.41, 5.74) is 1.03. The second kappa shape index (κ2) is 8.79. The van der Waals surface area contributed by atoms with Crippen molar-refractivity contribution in [2.45, 2.75) is 57.8 Å². The number of carbonyl (C=O) groups is 1. The second-order valence-electron chi connectivity index (χ2n) is 4.35. The molecule has 0 amide bonds. The van der Waals surface area contributed by atoms with E-state index in [9.17, 15) is 4.79 Å². The minimum Gasteiger partial charge on any atom is -0.481 e. The average Bonchev–Trinajstić information content (AvgIpc) is 2.79. The van der Waals surface area contributed by atoms with Gasteiger partial charge in [-0.3, -0.25) is 4.79 Å². The average molecular weight is 239 g/mol. The molecule has 0 fully saturated rings. The molecule has 0 atom stereocenters. The summed E-state index contributed by atoms with van der Waals surface area (Å²) in [6.07, 6.45) is 12.3. The number of oxazole rings is 1. The summed E-state index contributed by atoms with van der Waals surface area (Å²) in [6.45, 7) is 0. The van der Waals surface area contributed by atoms with Crippen LogP contribution >= 0.6 is 0 Å². The maximum absolute atomic E-state index is 10.3. The molecule has 0 aromatic carbocycles. The van der Waals surface area contributed by atoms with Gasteiger partial charge in [-0.2, -0.15) is 0 Å². The molecule has 4 heteroatoms. The van der Waals surface area contributed by atoms with Gasteiger partial charge in [-0.05, 0) is 19.3 Å². The summed E-state index contributed by atoms with van der Waals surface area (Å²) in [7, 11) is 0. The van der Waals surface area contributed by atoms with Crippen LogP contribution in [0.25, 0.3) is 0 Å². The fourth-order valence-electron chi connectivity index (χ4n) is 1.83. The SMILES string of the molecule is O=C(O)CCCCCCCCCc1cocn1. The third-order valence-electron chi connectivity index (χ3n) is 2.81. The van der Waals surface area contributed by atoms with Crippen molar-refractivity contribution in [3.8, 4) is 0 Å². The number of aromatic nitrogens is 1. The van der Waals surface area contributed by atoms with Gasteiger partial charge in [-0.1, -0.05) is 32.1 Å². The largest absolute Gasteiger partial charge is 0.481 e. The Bertz CT molecular complexity index is 296. The van der Waals surface area contributed by atoms with Crippen LogP contribution in [0.2, 0.25) is 0 Å². The number of carboxylic acids is 1. The standard InChI is InChI=1S/C13H21NO3/c15-13(16)9-7-5-3-1-2-4-6-8-12-10-17-11-14-12/h10-11H,1-9H2,(H,15,16). The first kappa shape index (κ1) is 13.7. The van der Waals surface area contributed by atoms with E-state index in [0.717, 1.165) is 37.8 Å². The molecule has 0 saturated heterocycles. The molecule has 96 valence electrons. The van der Waals surface area contributed by atoms with Gasteiger partial charge in [0.2, 0.25) is 0 Å². The van der Waals surface area contributed by atoms with Crippen LogP contribution < -0.4 is 0 Å². The summed E-state index contributed by atoms with van der Waals surface area (Å²) in [5, 5.41) is 8.46. The first-order chi connectivity index (χ1) is 8.29. The zero-order valence-electron chi connectivity index (χ0n) is 10.2. The van der Waals surface area contributed by atoms with Gasteiger partial charge in [-0.15, -0.1) is 0 Å². The van der Waals surface area contributed by atoms with E-state index in [-0.39, 0.29) is 0 Å². The molecule has 0 radical (unpaired) electrons. The number of rotatable bonds is 10. The quantitative estimate of drug-likeness (QED) is 0.635. The van der Waals surface area contributed by atoms with E-state index in [1.165, 1.54) is 25.7 Å². The third-order valence-corrected chi connectivity index (χ3v) is 2.81. The van der Waals surface area contributed by atoms with Crippen LogP contribution in [0.1, 0.15) is 57.1 Å². The van der Waals surface area contributed by atoms with Gasteiger partial charge in [0, 0.05) is 6.42 Å². The Morgan fingerprint density at radius 2 is 1.76 bits per heavy atom. The lowest BCUT2D eigenvalue weighted by Crippen LogP contribution is -1.93. The minimum atomic E-state index is -0.683. The Morgan fingerprint density at radius 3 is 2.35 bits per heavy atom. The molecule has 1 rings (SSSR count). The van der Waals surface area contributed by atoms with E-state index in [1.807, 2.05) is 0 Å². The number of unbranched alkanes of at least 4 members (excludes halogenated alkanes) is 6. The fourth-order valence-corrected chi connectivity index (χ4v) is 1.83. The molecule has 0 saturated carbocycles. The van der Waals surface area contributed by atoms with Crippen molar-refractivity contribution in [2.24, 2.45) is 0 Å². The van der Waals surface area contributed by atoms with Gasteiger partial charge >= 0.3 is 5.97 Å². The van der Waals surface area contributed by atoms with Crippen molar-refractivity contribution in [1.29, 1.82) is 0 Å². The lowest BCUT2D eigenvalue weighted by molar-refractivity contribution is -0.137. The van der Waals surface area contributed by atoms with Gasteiger partial charge in [-0.25, -0.2) is 4.98 Å². The fraction of sp³-hybridized carbons (Fsp3) is 0.692. The predicted molar refractivity (Wildman–Crippen MR) is 64.8 cm³/mol.